The Bertz CT molecular complexity index is 151. The zero-order valence-electron chi connectivity index (χ0n) is 10.4. The highest BCUT2D eigenvalue weighted by Gasteiger charge is 2.26. The molecule has 1 fully saturated rings. The van der Waals surface area contributed by atoms with Gasteiger partial charge in [0.15, 0.2) is 0 Å². The summed E-state index contributed by atoms with van der Waals surface area (Å²) >= 11 is 0. The van der Waals surface area contributed by atoms with Crippen LogP contribution in [0.1, 0.15) is 58.8 Å². The summed E-state index contributed by atoms with van der Waals surface area (Å²) in [5.74, 6) is 0. The number of hydrogen-bond donors (Lipinski definition) is 0. The van der Waals surface area contributed by atoms with Gasteiger partial charge in [-0.25, -0.2) is 0 Å². The molecule has 2 nitrogen and oxygen atoms in total. The van der Waals surface area contributed by atoms with Gasteiger partial charge in [-0.2, -0.15) is 0 Å². The third-order valence-electron chi connectivity index (χ3n) is 3.25. The van der Waals surface area contributed by atoms with Crippen molar-refractivity contribution in [3.05, 3.63) is 0 Å². The van der Waals surface area contributed by atoms with Gasteiger partial charge < -0.3 is 9.47 Å². The SMILES string of the molecule is CCOCCCCOC1(C)CCCCC1. The summed E-state index contributed by atoms with van der Waals surface area (Å²) < 4.78 is 11.3. The highest BCUT2D eigenvalue weighted by atomic mass is 16.5. The molecular weight excluding hydrogens is 188 g/mol. The smallest absolute Gasteiger partial charge is 0.0654 e. The Morgan fingerprint density at radius 3 is 2.33 bits per heavy atom. The molecule has 2 heteroatoms. The second-order valence-electron chi connectivity index (χ2n) is 4.76. The van der Waals surface area contributed by atoms with E-state index >= 15 is 0 Å². The molecule has 1 aliphatic carbocycles. The topological polar surface area (TPSA) is 18.5 Å². The molecule has 0 aromatic carbocycles. The summed E-state index contributed by atoms with van der Waals surface area (Å²) in [4.78, 5) is 0. The van der Waals surface area contributed by atoms with Crippen LogP contribution < -0.4 is 0 Å². The van der Waals surface area contributed by atoms with Gasteiger partial charge in [-0.1, -0.05) is 19.3 Å². The van der Waals surface area contributed by atoms with Gasteiger partial charge in [-0.05, 0) is 39.5 Å². The molecule has 1 saturated carbocycles. The maximum absolute atomic E-state index is 6.00. The normalized spacial score (nSPS) is 20.4. The van der Waals surface area contributed by atoms with E-state index in [1.165, 1.54) is 32.1 Å². The maximum Gasteiger partial charge on any atom is 0.0654 e. The molecule has 0 atom stereocenters. The minimum atomic E-state index is 0.184. The van der Waals surface area contributed by atoms with Crippen LogP contribution >= 0.6 is 0 Å². The van der Waals surface area contributed by atoms with Crippen molar-refractivity contribution in [3.8, 4) is 0 Å². The van der Waals surface area contributed by atoms with Gasteiger partial charge in [-0.3, -0.25) is 0 Å². The molecular formula is C13H26O2. The van der Waals surface area contributed by atoms with Crippen LogP contribution in [-0.2, 0) is 9.47 Å². The molecule has 1 aliphatic rings. The van der Waals surface area contributed by atoms with Gasteiger partial charge in [0, 0.05) is 19.8 Å². The fraction of sp³-hybridized carbons (Fsp3) is 1.00. The molecule has 0 amide bonds. The van der Waals surface area contributed by atoms with Crippen molar-refractivity contribution >= 4 is 0 Å². The second-order valence-corrected chi connectivity index (χ2v) is 4.76. The van der Waals surface area contributed by atoms with Crippen molar-refractivity contribution in [1.82, 2.24) is 0 Å². The van der Waals surface area contributed by atoms with Crippen LogP contribution in [-0.4, -0.2) is 25.4 Å². The molecule has 0 spiro atoms. The third-order valence-corrected chi connectivity index (χ3v) is 3.25. The minimum Gasteiger partial charge on any atom is -0.382 e. The van der Waals surface area contributed by atoms with E-state index < -0.39 is 0 Å². The van der Waals surface area contributed by atoms with Crippen LogP contribution in [0, 0.1) is 0 Å². The van der Waals surface area contributed by atoms with Crippen LogP contribution in [0.5, 0.6) is 0 Å². The summed E-state index contributed by atoms with van der Waals surface area (Å²) in [6.07, 6.45) is 8.84. The zero-order valence-corrected chi connectivity index (χ0v) is 10.4. The first-order valence-electron chi connectivity index (χ1n) is 6.48. The van der Waals surface area contributed by atoms with E-state index in [9.17, 15) is 0 Å². The van der Waals surface area contributed by atoms with Gasteiger partial charge in [0.1, 0.15) is 0 Å². The molecule has 0 N–H and O–H groups in total. The van der Waals surface area contributed by atoms with Crippen molar-refractivity contribution in [2.24, 2.45) is 0 Å². The van der Waals surface area contributed by atoms with Gasteiger partial charge >= 0.3 is 0 Å². The van der Waals surface area contributed by atoms with Gasteiger partial charge in [0.25, 0.3) is 0 Å². The molecule has 0 radical (unpaired) electrons. The van der Waals surface area contributed by atoms with Crippen LogP contribution in [0.25, 0.3) is 0 Å². The minimum absolute atomic E-state index is 0.184. The summed E-state index contributed by atoms with van der Waals surface area (Å²) in [7, 11) is 0. The van der Waals surface area contributed by atoms with Crippen molar-refractivity contribution in [1.29, 1.82) is 0 Å². The standard InChI is InChI=1S/C13H26O2/c1-3-14-11-7-8-12-15-13(2)9-5-4-6-10-13/h3-12H2,1-2H3. The van der Waals surface area contributed by atoms with E-state index in [1.54, 1.807) is 0 Å². The molecule has 0 saturated heterocycles. The summed E-state index contributed by atoms with van der Waals surface area (Å²) in [5, 5.41) is 0. The molecule has 0 aliphatic heterocycles. The van der Waals surface area contributed by atoms with Crippen LogP contribution in [0.15, 0.2) is 0 Å². The Morgan fingerprint density at radius 1 is 1.00 bits per heavy atom. The fourth-order valence-electron chi connectivity index (χ4n) is 2.21. The number of ether oxygens (including phenoxy) is 2. The lowest BCUT2D eigenvalue weighted by Gasteiger charge is -2.33. The van der Waals surface area contributed by atoms with Crippen molar-refractivity contribution in [2.75, 3.05) is 19.8 Å². The summed E-state index contributed by atoms with van der Waals surface area (Å²) in [6.45, 7) is 6.94. The predicted molar refractivity (Wildman–Crippen MR) is 63.2 cm³/mol. The van der Waals surface area contributed by atoms with Crippen LogP contribution in [0.4, 0.5) is 0 Å². The van der Waals surface area contributed by atoms with E-state index in [0.717, 1.165) is 32.7 Å². The Kier molecular flexibility index (Phi) is 6.26. The molecule has 1 rings (SSSR count). The van der Waals surface area contributed by atoms with Crippen molar-refractivity contribution in [2.45, 2.75) is 64.4 Å². The molecule has 0 heterocycles. The zero-order chi connectivity index (χ0) is 11.0. The Balaban J connectivity index is 1.98. The van der Waals surface area contributed by atoms with Crippen LogP contribution in [0.3, 0.4) is 0 Å². The Hall–Kier alpha value is -0.0800. The van der Waals surface area contributed by atoms with E-state index in [2.05, 4.69) is 6.92 Å². The second kappa shape index (κ2) is 7.24. The molecule has 0 aromatic rings. The summed E-state index contributed by atoms with van der Waals surface area (Å²) in [5.41, 5.74) is 0.184. The number of unbranched alkanes of at least 4 members (excludes halogenated alkanes) is 1. The lowest BCUT2D eigenvalue weighted by molar-refractivity contribution is -0.0585. The predicted octanol–water partition coefficient (Wildman–Crippen LogP) is 3.54. The fourth-order valence-corrected chi connectivity index (χ4v) is 2.21. The maximum atomic E-state index is 6.00. The van der Waals surface area contributed by atoms with E-state index in [-0.39, 0.29) is 5.60 Å². The number of hydrogen-bond acceptors (Lipinski definition) is 2. The summed E-state index contributed by atoms with van der Waals surface area (Å²) in [6, 6.07) is 0. The molecule has 0 bridgehead atoms. The van der Waals surface area contributed by atoms with Gasteiger partial charge in [0.05, 0.1) is 5.60 Å². The van der Waals surface area contributed by atoms with Crippen molar-refractivity contribution < 1.29 is 9.47 Å². The van der Waals surface area contributed by atoms with Crippen LogP contribution in [0.2, 0.25) is 0 Å². The molecule has 0 aromatic heterocycles. The highest BCUT2D eigenvalue weighted by Crippen LogP contribution is 2.31. The highest BCUT2D eigenvalue weighted by molar-refractivity contribution is 4.79. The average molecular weight is 214 g/mol. The van der Waals surface area contributed by atoms with E-state index in [4.69, 9.17) is 9.47 Å². The Morgan fingerprint density at radius 2 is 1.67 bits per heavy atom. The average Bonchev–Trinajstić information content (AvgIpc) is 2.24. The van der Waals surface area contributed by atoms with E-state index in [1.807, 2.05) is 6.92 Å². The largest absolute Gasteiger partial charge is 0.382 e. The lowest BCUT2D eigenvalue weighted by Crippen LogP contribution is -2.31. The quantitative estimate of drug-likeness (QED) is 0.603. The first-order chi connectivity index (χ1) is 7.27. The lowest BCUT2D eigenvalue weighted by atomic mass is 9.86. The van der Waals surface area contributed by atoms with Gasteiger partial charge in [-0.15, -0.1) is 0 Å². The third kappa shape index (κ3) is 5.53. The molecule has 0 unspecified atom stereocenters. The Labute approximate surface area is 94.3 Å². The monoisotopic (exact) mass is 214 g/mol. The molecule has 15 heavy (non-hydrogen) atoms. The van der Waals surface area contributed by atoms with Crippen molar-refractivity contribution in [3.63, 3.8) is 0 Å². The van der Waals surface area contributed by atoms with Gasteiger partial charge in [0.2, 0.25) is 0 Å². The first kappa shape index (κ1) is 13.0. The number of rotatable bonds is 7. The molecule has 90 valence electrons. The van der Waals surface area contributed by atoms with E-state index in [0.29, 0.717) is 0 Å². The first-order valence-corrected chi connectivity index (χ1v) is 6.48.